The molecule has 0 bridgehead atoms. The summed E-state index contributed by atoms with van der Waals surface area (Å²) < 4.78 is 2.18. The van der Waals surface area contributed by atoms with Gasteiger partial charge >= 0.3 is 0 Å². The van der Waals surface area contributed by atoms with Crippen molar-refractivity contribution in [2.45, 2.75) is 64.6 Å². The molecule has 3 heteroatoms. The Balaban J connectivity index is 1.90. The number of nitrogens with zero attached hydrogens (tertiary/aromatic N) is 2. The van der Waals surface area contributed by atoms with Crippen LogP contribution in [0.3, 0.4) is 0 Å². The third kappa shape index (κ3) is 3.08. The molecule has 1 heterocycles. The smallest absolute Gasteiger partial charge is 0.0534 e. The van der Waals surface area contributed by atoms with Gasteiger partial charge in [-0.25, -0.2) is 0 Å². The largest absolute Gasteiger partial charge is 0.310 e. The van der Waals surface area contributed by atoms with E-state index in [0.717, 1.165) is 6.54 Å². The summed E-state index contributed by atoms with van der Waals surface area (Å²) in [6.07, 6.45) is 11.0. The maximum absolute atomic E-state index is 4.49. The van der Waals surface area contributed by atoms with E-state index >= 15 is 0 Å². The van der Waals surface area contributed by atoms with Crippen LogP contribution in [0.4, 0.5) is 0 Å². The lowest BCUT2D eigenvalue weighted by Crippen LogP contribution is -2.21. The van der Waals surface area contributed by atoms with Gasteiger partial charge in [0.15, 0.2) is 0 Å². The second-order valence-electron chi connectivity index (χ2n) is 5.16. The van der Waals surface area contributed by atoms with Crippen LogP contribution in [0.5, 0.6) is 0 Å². The molecule has 0 aliphatic heterocycles. The van der Waals surface area contributed by atoms with Gasteiger partial charge in [-0.1, -0.05) is 33.1 Å². The van der Waals surface area contributed by atoms with Crippen LogP contribution in [0.25, 0.3) is 0 Å². The molecule has 2 rings (SSSR count). The van der Waals surface area contributed by atoms with Crippen molar-refractivity contribution in [3.8, 4) is 0 Å². The van der Waals surface area contributed by atoms with Gasteiger partial charge in [0.05, 0.1) is 12.2 Å². The summed E-state index contributed by atoms with van der Waals surface area (Å²) in [5.41, 5.74) is 1.30. The summed E-state index contributed by atoms with van der Waals surface area (Å²) >= 11 is 0. The van der Waals surface area contributed by atoms with Crippen molar-refractivity contribution in [2.75, 3.05) is 0 Å². The fraction of sp³-hybridized carbons (Fsp3) is 0.769. The van der Waals surface area contributed by atoms with Crippen LogP contribution >= 0.6 is 0 Å². The van der Waals surface area contributed by atoms with Crippen molar-refractivity contribution in [3.05, 3.63) is 18.0 Å². The Hall–Kier alpha value is -0.830. The highest BCUT2D eigenvalue weighted by Crippen LogP contribution is 2.27. The van der Waals surface area contributed by atoms with E-state index in [0.29, 0.717) is 12.1 Å². The molecule has 1 aliphatic carbocycles. The number of nitrogens with one attached hydrogen (secondary N) is 1. The Bertz CT molecular complexity index is 311. The van der Waals surface area contributed by atoms with Crippen LogP contribution in [0.15, 0.2) is 12.4 Å². The van der Waals surface area contributed by atoms with Gasteiger partial charge in [0.2, 0.25) is 0 Å². The van der Waals surface area contributed by atoms with Crippen molar-refractivity contribution in [2.24, 2.45) is 0 Å². The zero-order valence-electron chi connectivity index (χ0n) is 10.4. The lowest BCUT2D eigenvalue weighted by molar-refractivity contribution is 0.329. The van der Waals surface area contributed by atoms with E-state index in [1.54, 1.807) is 0 Å². The minimum Gasteiger partial charge on any atom is -0.310 e. The van der Waals surface area contributed by atoms with Crippen molar-refractivity contribution in [1.29, 1.82) is 0 Å². The molecule has 1 N–H and O–H groups in total. The van der Waals surface area contributed by atoms with Crippen LogP contribution in [0.1, 0.15) is 57.6 Å². The predicted octanol–water partition coefficient (Wildman–Crippen LogP) is 2.89. The highest BCUT2D eigenvalue weighted by molar-refractivity contribution is 5.04. The van der Waals surface area contributed by atoms with Gasteiger partial charge < -0.3 is 5.32 Å². The number of hydrogen-bond acceptors (Lipinski definition) is 2. The van der Waals surface area contributed by atoms with Gasteiger partial charge in [0.25, 0.3) is 0 Å². The molecule has 0 spiro atoms. The van der Waals surface area contributed by atoms with E-state index in [1.165, 1.54) is 37.7 Å². The van der Waals surface area contributed by atoms with Crippen molar-refractivity contribution in [1.82, 2.24) is 15.1 Å². The molecule has 0 aromatic carbocycles. The number of rotatable bonds is 4. The molecular weight excluding hydrogens is 198 g/mol. The normalized spacial score (nSPS) is 18.2. The molecular formula is C13H23N3. The quantitative estimate of drug-likeness (QED) is 0.847. The zero-order chi connectivity index (χ0) is 11.4. The molecule has 0 amide bonds. The van der Waals surface area contributed by atoms with Crippen LogP contribution in [-0.2, 0) is 6.54 Å². The minimum absolute atomic E-state index is 0.540. The lowest BCUT2D eigenvalue weighted by Gasteiger charge is -2.21. The maximum atomic E-state index is 4.49. The molecule has 1 aromatic heterocycles. The summed E-state index contributed by atoms with van der Waals surface area (Å²) in [5, 5.41) is 7.92. The third-order valence-electron chi connectivity index (χ3n) is 3.32. The van der Waals surface area contributed by atoms with Crippen molar-refractivity contribution in [3.63, 3.8) is 0 Å². The Morgan fingerprint density at radius 1 is 1.38 bits per heavy atom. The average molecular weight is 221 g/mol. The van der Waals surface area contributed by atoms with Crippen LogP contribution < -0.4 is 5.32 Å². The summed E-state index contributed by atoms with van der Waals surface area (Å²) in [6.45, 7) is 5.28. The Kier molecular flexibility index (Phi) is 3.99. The van der Waals surface area contributed by atoms with Crippen LogP contribution in [-0.4, -0.2) is 15.8 Å². The summed E-state index contributed by atoms with van der Waals surface area (Å²) in [6, 6.07) is 1.19. The number of hydrogen-bond donors (Lipinski definition) is 1. The molecule has 1 fully saturated rings. The molecule has 1 saturated carbocycles. The van der Waals surface area contributed by atoms with E-state index in [2.05, 4.69) is 35.1 Å². The van der Waals surface area contributed by atoms with Gasteiger partial charge in [-0.05, 0) is 12.8 Å². The Morgan fingerprint density at radius 2 is 2.12 bits per heavy atom. The monoisotopic (exact) mass is 221 g/mol. The van der Waals surface area contributed by atoms with E-state index in [9.17, 15) is 0 Å². The molecule has 90 valence electrons. The molecule has 0 unspecified atom stereocenters. The predicted molar refractivity (Wildman–Crippen MR) is 66.3 cm³/mol. The SMILES string of the molecule is CC(C)NCc1cnn(C2CCCCC2)c1. The second kappa shape index (κ2) is 5.48. The zero-order valence-corrected chi connectivity index (χ0v) is 10.4. The van der Waals surface area contributed by atoms with Gasteiger partial charge in [0, 0.05) is 24.3 Å². The first kappa shape index (κ1) is 11.6. The van der Waals surface area contributed by atoms with E-state index in [4.69, 9.17) is 0 Å². The topological polar surface area (TPSA) is 29.9 Å². The maximum Gasteiger partial charge on any atom is 0.0534 e. The summed E-state index contributed by atoms with van der Waals surface area (Å²) in [4.78, 5) is 0. The van der Waals surface area contributed by atoms with Gasteiger partial charge in [0.1, 0.15) is 0 Å². The molecule has 1 aromatic rings. The Labute approximate surface area is 98.2 Å². The average Bonchev–Trinajstić information content (AvgIpc) is 2.76. The van der Waals surface area contributed by atoms with Gasteiger partial charge in [-0.2, -0.15) is 5.10 Å². The minimum atomic E-state index is 0.540. The number of aromatic nitrogens is 2. The first-order chi connectivity index (χ1) is 7.75. The fourth-order valence-electron chi connectivity index (χ4n) is 2.34. The molecule has 0 saturated heterocycles. The molecule has 1 aliphatic rings. The molecule has 0 atom stereocenters. The first-order valence-corrected chi connectivity index (χ1v) is 6.52. The lowest BCUT2D eigenvalue weighted by atomic mass is 9.96. The first-order valence-electron chi connectivity index (χ1n) is 6.52. The molecule has 3 nitrogen and oxygen atoms in total. The Morgan fingerprint density at radius 3 is 2.81 bits per heavy atom. The van der Waals surface area contributed by atoms with Crippen molar-refractivity contribution < 1.29 is 0 Å². The van der Waals surface area contributed by atoms with Gasteiger partial charge in [-0.15, -0.1) is 0 Å². The second-order valence-corrected chi connectivity index (χ2v) is 5.16. The van der Waals surface area contributed by atoms with Crippen LogP contribution in [0, 0.1) is 0 Å². The van der Waals surface area contributed by atoms with E-state index < -0.39 is 0 Å². The fourth-order valence-corrected chi connectivity index (χ4v) is 2.34. The summed E-state index contributed by atoms with van der Waals surface area (Å²) in [7, 11) is 0. The van der Waals surface area contributed by atoms with Crippen molar-refractivity contribution >= 4 is 0 Å². The molecule has 0 radical (unpaired) electrons. The summed E-state index contributed by atoms with van der Waals surface area (Å²) in [5.74, 6) is 0. The van der Waals surface area contributed by atoms with Crippen LogP contribution in [0.2, 0.25) is 0 Å². The third-order valence-corrected chi connectivity index (χ3v) is 3.32. The highest BCUT2D eigenvalue weighted by Gasteiger charge is 2.15. The van der Waals surface area contributed by atoms with E-state index in [-0.39, 0.29) is 0 Å². The standard InChI is InChI=1S/C13H23N3/c1-11(2)14-8-12-9-15-16(10-12)13-6-4-3-5-7-13/h9-11,13-14H,3-8H2,1-2H3. The van der Waals surface area contributed by atoms with E-state index in [1.807, 2.05) is 6.20 Å². The van der Waals surface area contributed by atoms with Gasteiger partial charge in [-0.3, -0.25) is 4.68 Å². The highest BCUT2D eigenvalue weighted by atomic mass is 15.3. The molecule has 16 heavy (non-hydrogen) atoms.